The number of nitrogen functional groups attached to an aromatic ring is 1. The molecule has 94 valence electrons. The molecule has 0 amide bonds. The maximum Gasteiger partial charge on any atom is 0.272 e. The Bertz CT molecular complexity index is 505. The van der Waals surface area contributed by atoms with Crippen molar-refractivity contribution in [3.05, 3.63) is 54.1 Å². The molecular weight excluding hydrogens is 251 g/mol. The van der Waals surface area contributed by atoms with Crippen LogP contribution in [0.1, 0.15) is 5.56 Å². The van der Waals surface area contributed by atoms with Gasteiger partial charge in [-0.15, -0.1) is 3.89 Å². The van der Waals surface area contributed by atoms with Gasteiger partial charge >= 0.3 is 0 Å². The van der Waals surface area contributed by atoms with E-state index in [-0.39, 0.29) is 12.4 Å². The number of benzene rings is 2. The zero-order valence-corrected chi connectivity index (χ0v) is 10.4. The third-order valence-electron chi connectivity index (χ3n) is 2.43. The van der Waals surface area contributed by atoms with E-state index in [4.69, 9.17) is 5.73 Å². The molecular formula is C13H13FN2OS. The van der Waals surface area contributed by atoms with Gasteiger partial charge in [-0.1, -0.05) is 12.1 Å². The van der Waals surface area contributed by atoms with Crippen LogP contribution in [0.2, 0.25) is 0 Å². The molecule has 0 saturated heterocycles. The normalized spacial score (nSPS) is 10.1. The van der Waals surface area contributed by atoms with Gasteiger partial charge in [-0.25, -0.2) is 0 Å². The summed E-state index contributed by atoms with van der Waals surface area (Å²) >= 11 is -0.162. The van der Waals surface area contributed by atoms with Crippen molar-refractivity contribution >= 4 is 23.8 Å². The highest BCUT2D eigenvalue weighted by atomic mass is 32.2. The van der Waals surface area contributed by atoms with Gasteiger partial charge in [-0.3, -0.25) is 0 Å². The number of halogens is 1. The molecule has 0 atom stereocenters. The topological polar surface area (TPSA) is 47.3 Å². The zero-order valence-electron chi connectivity index (χ0n) is 9.60. The van der Waals surface area contributed by atoms with Gasteiger partial charge < -0.3 is 15.2 Å². The summed E-state index contributed by atoms with van der Waals surface area (Å²) in [5.74, 6) is 0.483. The lowest BCUT2D eigenvalue weighted by atomic mass is 10.2. The third kappa shape index (κ3) is 3.56. The smallest absolute Gasteiger partial charge is 0.272 e. The van der Waals surface area contributed by atoms with Crippen LogP contribution in [0.3, 0.4) is 0 Å². The zero-order chi connectivity index (χ0) is 12.8. The van der Waals surface area contributed by atoms with Gasteiger partial charge in [-0.05, 0) is 42.0 Å². The Kier molecular flexibility index (Phi) is 4.30. The molecule has 0 aliphatic rings. The summed E-state index contributed by atoms with van der Waals surface area (Å²) < 4.78 is 16.5. The summed E-state index contributed by atoms with van der Waals surface area (Å²) in [6.07, 6.45) is 0. The molecule has 0 aliphatic heterocycles. The lowest BCUT2D eigenvalue weighted by Crippen LogP contribution is -1.99. The number of rotatable bonds is 5. The van der Waals surface area contributed by atoms with Gasteiger partial charge in [0.2, 0.25) is 0 Å². The summed E-state index contributed by atoms with van der Waals surface area (Å²) in [6.45, 7) is 0.684. The molecule has 0 heterocycles. The van der Waals surface area contributed by atoms with Crippen molar-refractivity contribution in [2.75, 3.05) is 11.1 Å². The van der Waals surface area contributed by atoms with E-state index < -0.39 is 0 Å². The van der Waals surface area contributed by atoms with E-state index in [0.717, 1.165) is 16.9 Å². The molecule has 0 spiro atoms. The molecule has 0 aliphatic carbocycles. The van der Waals surface area contributed by atoms with E-state index in [1.165, 1.54) is 0 Å². The van der Waals surface area contributed by atoms with Crippen LogP contribution in [0.15, 0.2) is 48.5 Å². The minimum absolute atomic E-state index is 0.162. The quantitative estimate of drug-likeness (QED) is 0.637. The predicted octanol–water partition coefficient (Wildman–Crippen LogP) is 3.79. The van der Waals surface area contributed by atoms with Gasteiger partial charge in [0.1, 0.15) is 5.75 Å². The van der Waals surface area contributed by atoms with Gasteiger partial charge in [0.05, 0.1) is 0 Å². The van der Waals surface area contributed by atoms with Gasteiger partial charge in [0.15, 0.2) is 0 Å². The SMILES string of the molecule is Nc1cccc(CNc2ccc(OSF)cc2)c1. The fourth-order valence-corrected chi connectivity index (χ4v) is 1.76. The van der Waals surface area contributed by atoms with Crippen molar-refractivity contribution in [2.24, 2.45) is 0 Å². The average molecular weight is 264 g/mol. The minimum atomic E-state index is -0.162. The molecule has 0 aromatic heterocycles. The van der Waals surface area contributed by atoms with Crippen molar-refractivity contribution in [3.63, 3.8) is 0 Å². The van der Waals surface area contributed by atoms with Crippen LogP contribution in [-0.2, 0) is 6.54 Å². The number of nitrogens with one attached hydrogen (secondary N) is 1. The fourth-order valence-electron chi connectivity index (χ4n) is 1.57. The second-order valence-electron chi connectivity index (χ2n) is 3.77. The minimum Gasteiger partial charge on any atom is -0.399 e. The Morgan fingerprint density at radius 2 is 1.94 bits per heavy atom. The first-order chi connectivity index (χ1) is 8.78. The van der Waals surface area contributed by atoms with E-state index in [0.29, 0.717) is 12.3 Å². The molecule has 0 bridgehead atoms. The number of anilines is 2. The summed E-state index contributed by atoms with van der Waals surface area (Å²) in [5, 5.41) is 3.25. The lowest BCUT2D eigenvalue weighted by Gasteiger charge is -2.07. The molecule has 2 rings (SSSR count). The van der Waals surface area contributed by atoms with Crippen molar-refractivity contribution in [1.29, 1.82) is 0 Å². The average Bonchev–Trinajstić information content (AvgIpc) is 2.38. The van der Waals surface area contributed by atoms with Crippen LogP contribution in [0, 0.1) is 0 Å². The molecule has 0 unspecified atom stereocenters. The van der Waals surface area contributed by atoms with Crippen molar-refractivity contribution < 1.29 is 8.07 Å². The van der Waals surface area contributed by atoms with E-state index in [1.807, 2.05) is 36.4 Å². The van der Waals surface area contributed by atoms with Crippen LogP contribution in [-0.4, -0.2) is 0 Å². The molecule has 3 nitrogen and oxygen atoms in total. The summed E-state index contributed by atoms with van der Waals surface area (Å²) in [7, 11) is 0. The maximum absolute atomic E-state index is 11.9. The van der Waals surface area contributed by atoms with E-state index in [9.17, 15) is 3.89 Å². The largest absolute Gasteiger partial charge is 0.399 e. The number of hydrogen-bond acceptors (Lipinski definition) is 4. The Labute approximate surface area is 110 Å². The molecule has 18 heavy (non-hydrogen) atoms. The fraction of sp³-hybridized carbons (Fsp3) is 0.0769. The van der Waals surface area contributed by atoms with Crippen LogP contribution in [0.4, 0.5) is 15.3 Å². The van der Waals surface area contributed by atoms with Gasteiger partial charge in [0, 0.05) is 17.9 Å². The standard InChI is InChI=1S/C13H13FN2OS/c14-18-17-13-6-4-12(5-7-13)16-9-10-2-1-3-11(15)8-10/h1-8,16H,9,15H2. The highest BCUT2D eigenvalue weighted by molar-refractivity contribution is 7.89. The molecule has 2 aromatic rings. The summed E-state index contributed by atoms with van der Waals surface area (Å²) in [6, 6.07) is 14.8. The Morgan fingerprint density at radius 3 is 2.61 bits per heavy atom. The highest BCUT2D eigenvalue weighted by Crippen LogP contribution is 2.20. The maximum atomic E-state index is 11.9. The third-order valence-corrected chi connectivity index (χ3v) is 2.69. The molecule has 0 radical (unpaired) electrons. The van der Waals surface area contributed by atoms with Crippen molar-refractivity contribution in [1.82, 2.24) is 0 Å². The Hall–Kier alpha value is -1.88. The van der Waals surface area contributed by atoms with Crippen LogP contribution in [0.5, 0.6) is 5.75 Å². The van der Waals surface area contributed by atoms with E-state index >= 15 is 0 Å². The molecule has 0 saturated carbocycles. The monoisotopic (exact) mass is 264 g/mol. The highest BCUT2D eigenvalue weighted by Gasteiger charge is 1.97. The Balaban J connectivity index is 1.93. The second-order valence-corrected chi connectivity index (χ2v) is 4.06. The number of hydrogen-bond donors (Lipinski definition) is 2. The second kappa shape index (κ2) is 6.16. The molecule has 0 fully saturated rings. The molecule has 2 aromatic carbocycles. The first kappa shape index (κ1) is 12.6. The lowest BCUT2D eigenvalue weighted by molar-refractivity contribution is 0.611. The predicted molar refractivity (Wildman–Crippen MR) is 74.0 cm³/mol. The molecule has 5 heteroatoms. The summed E-state index contributed by atoms with van der Waals surface area (Å²) in [4.78, 5) is 0. The Morgan fingerprint density at radius 1 is 1.17 bits per heavy atom. The summed E-state index contributed by atoms with van der Waals surface area (Å²) in [5.41, 5.74) is 8.49. The van der Waals surface area contributed by atoms with Gasteiger partial charge in [0.25, 0.3) is 12.4 Å². The van der Waals surface area contributed by atoms with Crippen LogP contribution in [0.25, 0.3) is 0 Å². The van der Waals surface area contributed by atoms with Crippen LogP contribution >= 0.6 is 12.4 Å². The molecule has 3 N–H and O–H groups in total. The number of nitrogens with two attached hydrogens (primary N) is 1. The van der Waals surface area contributed by atoms with Gasteiger partial charge in [-0.2, -0.15) is 0 Å². The van der Waals surface area contributed by atoms with Crippen molar-refractivity contribution in [3.8, 4) is 5.75 Å². The van der Waals surface area contributed by atoms with Crippen LogP contribution < -0.4 is 15.2 Å². The van der Waals surface area contributed by atoms with E-state index in [2.05, 4.69) is 9.50 Å². The van der Waals surface area contributed by atoms with E-state index in [1.54, 1.807) is 12.1 Å². The first-order valence-corrected chi connectivity index (χ1v) is 6.06. The first-order valence-electron chi connectivity index (χ1n) is 5.41. The van der Waals surface area contributed by atoms with Crippen molar-refractivity contribution in [2.45, 2.75) is 6.54 Å².